The highest BCUT2D eigenvalue weighted by atomic mass is 16.7. The van der Waals surface area contributed by atoms with E-state index in [1.807, 2.05) is 18.2 Å². The lowest BCUT2D eigenvalue weighted by Gasteiger charge is -2.18. The fraction of sp³-hybridized carbons (Fsp3) is 0.500. The molecule has 1 unspecified atom stereocenters. The Bertz CT molecular complexity index is 470. The highest BCUT2D eigenvalue weighted by molar-refractivity contribution is 6.02. The van der Waals surface area contributed by atoms with Crippen molar-refractivity contribution in [3.05, 3.63) is 23.8 Å². The van der Waals surface area contributed by atoms with Crippen molar-refractivity contribution in [3.8, 4) is 11.5 Å². The largest absolute Gasteiger partial charge is 0.493 e. The van der Waals surface area contributed by atoms with Gasteiger partial charge in [0.1, 0.15) is 5.60 Å². The summed E-state index contributed by atoms with van der Waals surface area (Å²) in [4.78, 5) is 5.50. The third-order valence-corrected chi connectivity index (χ3v) is 3.38. The maximum atomic E-state index is 5.50. The lowest BCUT2D eigenvalue weighted by Crippen LogP contribution is -2.23. The molecule has 1 aromatic carbocycles. The number of hydrogen-bond acceptors (Lipinski definition) is 4. The van der Waals surface area contributed by atoms with Gasteiger partial charge < -0.3 is 14.3 Å². The standard InChI is InChI=1S/C14H19NO3/c1-5-14(2)9-11(15-18-14)10-6-7-12(16-3)13(8-10)17-4/h6-8H,5,9H2,1-4H3. The van der Waals surface area contributed by atoms with Crippen molar-refractivity contribution in [2.45, 2.75) is 32.3 Å². The second kappa shape index (κ2) is 4.88. The Kier molecular flexibility index (Phi) is 3.45. The van der Waals surface area contributed by atoms with Crippen LogP contribution >= 0.6 is 0 Å². The molecule has 0 bridgehead atoms. The fourth-order valence-corrected chi connectivity index (χ4v) is 1.94. The van der Waals surface area contributed by atoms with Crippen LogP contribution in [-0.4, -0.2) is 25.5 Å². The van der Waals surface area contributed by atoms with Gasteiger partial charge in [0.05, 0.1) is 19.9 Å². The van der Waals surface area contributed by atoms with Crippen molar-refractivity contribution in [2.24, 2.45) is 5.16 Å². The van der Waals surface area contributed by atoms with E-state index in [1.165, 1.54) is 0 Å². The molecule has 98 valence electrons. The van der Waals surface area contributed by atoms with Crippen LogP contribution in [0.25, 0.3) is 0 Å². The van der Waals surface area contributed by atoms with Gasteiger partial charge in [0, 0.05) is 12.0 Å². The molecule has 2 rings (SSSR count). The van der Waals surface area contributed by atoms with Crippen LogP contribution in [0.5, 0.6) is 11.5 Å². The van der Waals surface area contributed by atoms with Gasteiger partial charge in [-0.05, 0) is 31.5 Å². The first-order valence-electron chi connectivity index (χ1n) is 6.09. The highest BCUT2D eigenvalue weighted by Crippen LogP contribution is 2.33. The van der Waals surface area contributed by atoms with Gasteiger partial charge in [0.15, 0.2) is 11.5 Å². The van der Waals surface area contributed by atoms with Crippen molar-refractivity contribution >= 4 is 5.71 Å². The number of benzene rings is 1. The molecule has 1 aliphatic rings. The average molecular weight is 249 g/mol. The lowest BCUT2D eigenvalue weighted by molar-refractivity contribution is -0.00605. The fourth-order valence-electron chi connectivity index (χ4n) is 1.94. The summed E-state index contributed by atoms with van der Waals surface area (Å²) in [5.41, 5.74) is 1.80. The summed E-state index contributed by atoms with van der Waals surface area (Å²) in [6, 6.07) is 5.80. The molecule has 4 heteroatoms. The van der Waals surface area contributed by atoms with Crippen LogP contribution < -0.4 is 9.47 Å². The predicted octanol–water partition coefficient (Wildman–Crippen LogP) is 3.00. The molecule has 4 nitrogen and oxygen atoms in total. The number of ether oxygens (including phenoxy) is 2. The molecule has 1 aromatic rings. The van der Waals surface area contributed by atoms with Gasteiger partial charge in [-0.25, -0.2) is 0 Å². The zero-order valence-electron chi connectivity index (χ0n) is 11.3. The van der Waals surface area contributed by atoms with Crippen LogP contribution in [0.3, 0.4) is 0 Å². The number of oxime groups is 1. The van der Waals surface area contributed by atoms with Gasteiger partial charge in [-0.15, -0.1) is 0 Å². The minimum Gasteiger partial charge on any atom is -0.493 e. The normalized spacial score (nSPS) is 22.3. The number of nitrogens with zero attached hydrogens (tertiary/aromatic N) is 1. The Morgan fingerprint density at radius 1 is 1.28 bits per heavy atom. The molecule has 1 heterocycles. The SMILES string of the molecule is CCC1(C)CC(c2ccc(OC)c(OC)c2)=NO1. The topological polar surface area (TPSA) is 40.0 Å². The van der Waals surface area contributed by atoms with Crippen LogP contribution in [0.4, 0.5) is 0 Å². The first kappa shape index (κ1) is 12.7. The summed E-state index contributed by atoms with van der Waals surface area (Å²) in [6.45, 7) is 4.18. The monoisotopic (exact) mass is 249 g/mol. The van der Waals surface area contributed by atoms with Gasteiger partial charge in [0.2, 0.25) is 0 Å². The number of methoxy groups -OCH3 is 2. The maximum absolute atomic E-state index is 5.50. The molecule has 0 saturated heterocycles. The molecule has 0 aliphatic carbocycles. The van der Waals surface area contributed by atoms with Gasteiger partial charge in [-0.3, -0.25) is 0 Å². The van der Waals surface area contributed by atoms with Crippen molar-refractivity contribution in [3.63, 3.8) is 0 Å². The minimum atomic E-state index is -0.178. The van der Waals surface area contributed by atoms with E-state index in [4.69, 9.17) is 14.3 Å². The first-order chi connectivity index (χ1) is 8.61. The van der Waals surface area contributed by atoms with Crippen LogP contribution in [0.15, 0.2) is 23.4 Å². The van der Waals surface area contributed by atoms with E-state index in [9.17, 15) is 0 Å². The second-order valence-corrected chi connectivity index (χ2v) is 4.68. The summed E-state index contributed by atoms with van der Waals surface area (Å²) in [6.07, 6.45) is 1.76. The summed E-state index contributed by atoms with van der Waals surface area (Å²) in [5.74, 6) is 1.43. The Hall–Kier alpha value is -1.71. The zero-order valence-corrected chi connectivity index (χ0v) is 11.3. The second-order valence-electron chi connectivity index (χ2n) is 4.68. The third kappa shape index (κ3) is 2.28. The van der Waals surface area contributed by atoms with Crippen molar-refractivity contribution in [1.82, 2.24) is 0 Å². The summed E-state index contributed by atoms with van der Waals surface area (Å²) in [7, 11) is 3.26. The summed E-state index contributed by atoms with van der Waals surface area (Å²) >= 11 is 0. The Morgan fingerprint density at radius 3 is 2.56 bits per heavy atom. The van der Waals surface area contributed by atoms with E-state index < -0.39 is 0 Å². The van der Waals surface area contributed by atoms with Crippen LogP contribution in [0.2, 0.25) is 0 Å². The Labute approximate surface area is 108 Å². The maximum Gasteiger partial charge on any atom is 0.161 e. The Balaban J connectivity index is 2.25. The highest BCUT2D eigenvalue weighted by Gasteiger charge is 2.33. The number of rotatable bonds is 4. The molecule has 0 amide bonds. The summed E-state index contributed by atoms with van der Waals surface area (Å²) in [5, 5.41) is 4.18. The van der Waals surface area contributed by atoms with Gasteiger partial charge in [-0.2, -0.15) is 0 Å². The van der Waals surface area contributed by atoms with E-state index in [1.54, 1.807) is 14.2 Å². The quantitative estimate of drug-likeness (QED) is 0.823. The zero-order chi connectivity index (χ0) is 13.2. The van der Waals surface area contributed by atoms with E-state index in [2.05, 4.69) is 19.0 Å². The lowest BCUT2D eigenvalue weighted by atomic mass is 9.94. The first-order valence-corrected chi connectivity index (χ1v) is 6.09. The van der Waals surface area contributed by atoms with Crippen molar-refractivity contribution in [1.29, 1.82) is 0 Å². The molecule has 1 aliphatic heterocycles. The molecule has 0 saturated carbocycles. The Morgan fingerprint density at radius 2 is 2.00 bits per heavy atom. The average Bonchev–Trinajstić information content (AvgIpc) is 2.81. The molecule has 0 N–H and O–H groups in total. The van der Waals surface area contributed by atoms with Crippen molar-refractivity contribution in [2.75, 3.05) is 14.2 Å². The van der Waals surface area contributed by atoms with Crippen LogP contribution in [0, 0.1) is 0 Å². The van der Waals surface area contributed by atoms with E-state index in [-0.39, 0.29) is 5.60 Å². The van der Waals surface area contributed by atoms with Gasteiger partial charge in [0.25, 0.3) is 0 Å². The van der Waals surface area contributed by atoms with Crippen LogP contribution in [-0.2, 0) is 4.84 Å². The molecule has 0 aromatic heterocycles. The van der Waals surface area contributed by atoms with E-state index in [0.29, 0.717) is 5.75 Å². The van der Waals surface area contributed by atoms with Gasteiger partial charge >= 0.3 is 0 Å². The molecule has 18 heavy (non-hydrogen) atoms. The van der Waals surface area contributed by atoms with E-state index in [0.717, 1.165) is 29.9 Å². The number of hydrogen-bond donors (Lipinski definition) is 0. The van der Waals surface area contributed by atoms with Crippen molar-refractivity contribution < 1.29 is 14.3 Å². The van der Waals surface area contributed by atoms with Crippen LogP contribution in [0.1, 0.15) is 32.3 Å². The predicted molar refractivity (Wildman–Crippen MR) is 70.5 cm³/mol. The molecular weight excluding hydrogens is 230 g/mol. The smallest absolute Gasteiger partial charge is 0.161 e. The molecule has 0 fully saturated rings. The van der Waals surface area contributed by atoms with E-state index >= 15 is 0 Å². The molecular formula is C14H19NO3. The molecule has 0 radical (unpaired) electrons. The molecule has 1 atom stereocenters. The molecule has 0 spiro atoms. The van der Waals surface area contributed by atoms with Gasteiger partial charge in [-0.1, -0.05) is 12.1 Å². The minimum absolute atomic E-state index is 0.178. The third-order valence-electron chi connectivity index (χ3n) is 3.38. The summed E-state index contributed by atoms with van der Waals surface area (Å²) < 4.78 is 10.5.